The van der Waals surface area contributed by atoms with Crippen LogP contribution in [0.2, 0.25) is 0 Å². The second-order valence-corrected chi connectivity index (χ2v) is 7.33. The number of nitrogens with two attached hydrogens (primary N) is 1. The van der Waals surface area contributed by atoms with Crippen molar-refractivity contribution in [2.75, 3.05) is 19.6 Å². The molecule has 29 heavy (non-hydrogen) atoms. The van der Waals surface area contributed by atoms with Gasteiger partial charge in [-0.15, -0.1) is 0 Å². The molecule has 8 nitrogen and oxygen atoms in total. The van der Waals surface area contributed by atoms with E-state index in [4.69, 9.17) is 5.73 Å². The molecule has 1 saturated heterocycles. The number of imide groups is 1. The van der Waals surface area contributed by atoms with Gasteiger partial charge in [-0.05, 0) is 48.4 Å². The number of nitrogens with zero attached hydrogens (tertiary/aromatic N) is 1. The summed E-state index contributed by atoms with van der Waals surface area (Å²) in [7, 11) is 0. The minimum atomic E-state index is -0.567. The molecule has 0 aromatic heterocycles. The summed E-state index contributed by atoms with van der Waals surface area (Å²) >= 11 is 0.816. The lowest BCUT2D eigenvalue weighted by Gasteiger charge is -2.13. The Kier molecular flexibility index (Phi) is 8.66. The Morgan fingerprint density at radius 3 is 2.48 bits per heavy atom. The van der Waals surface area contributed by atoms with Gasteiger partial charge in [0.1, 0.15) is 5.82 Å². The molecule has 10 heteroatoms. The van der Waals surface area contributed by atoms with Crippen molar-refractivity contribution in [2.24, 2.45) is 5.73 Å². The highest BCUT2D eigenvalue weighted by Gasteiger charge is 2.34. The average Bonchev–Trinajstić information content (AvgIpc) is 2.93. The van der Waals surface area contributed by atoms with Gasteiger partial charge in [0, 0.05) is 26.1 Å². The van der Waals surface area contributed by atoms with Crippen LogP contribution in [0.3, 0.4) is 0 Å². The first kappa shape index (κ1) is 22.4. The second kappa shape index (κ2) is 11.2. The highest BCUT2D eigenvalue weighted by Crippen LogP contribution is 2.31. The number of carbonyl (C=O) groups is 4. The molecular weight excluding hydrogens is 399 g/mol. The van der Waals surface area contributed by atoms with Crippen molar-refractivity contribution in [1.29, 1.82) is 0 Å². The third-order valence-corrected chi connectivity index (χ3v) is 4.99. The van der Waals surface area contributed by atoms with E-state index in [1.54, 1.807) is 0 Å². The summed E-state index contributed by atoms with van der Waals surface area (Å²) in [4.78, 5) is 48.1. The summed E-state index contributed by atoms with van der Waals surface area (Å²) in [5.74, 6) is -0.976. The summed E-state index contributed by atoms with van der Waals surface area (Å²) < 4.78 is 13.0. The number of primary amides is 1. The van der Waals surface area contributed by atoms with Crippen LogP contribution in [0.15, 0.2) is 29.2 Å². The van der Waals surface area contributed by atoms with Gasteiger partial charge in [0.15, 0.2) is 0 Å². The monoisotopic (exact) mass is 422 g/mol. The van der Waals surface area contributed by atoms with Crippen molar-refractivity contribution in [3.8, 4) is 0 Å². The number of rotatable bonds is 10. The molecule has 2 rings (SSSR count). The van der Waals surface area contributed by atoms with Crippen molar-refractivity contribution in [2.45, 2.75) is 25.7 Å². The third kappa shape index (κ3) is 7.57. The molecule has 1 fully saturated rings. The quantitative estimate of drug-likeness (QED) is 0.394. The molecule has 1 aliphatic heterocycles. The molecule has 1 aromatic rings. The highest BCUT2D eigenvalue weighted by molar-refractivity contribution is 8.18. The van der Waals surface area contributed by atoms with Crippen molar-refractivity contribution >= 4 is 40.9 Å². The van der Waals surface area contributed by atoms with Crippen molar-refractivity contribution < 1.29 is 23.6 Å². The molecule has 0 atom stereocenters. The number of hydrogen-bond acceptors (Lipinski definition) is 5. The van der Waals surface area contributed by atoms with E-state index in [2.05, 4.69) is 10.6 Å². The van der Waals surface area contributed by atoms with E-state index >= 15 is 0 Å². The molecule has 156 valence electrons. The molecule has 1 heterocycles. The molecule has 5 amide bonds. The number of nitrogens with one attached hydrogen (secondary N) is 2. The van der Waals surface area contributed by atoms with Crippen LogP contribution in [0.4, 0.5) is 14.0 Å². The first-order chi connectivity index (χ1) is 13.9. The molecular formula is C19H23FN4O4S. The number of halogens is 1. The molecule has 0 radical (unpaired) electrons. The number of carbonyl (C=O) groups excluding carboxylic acids is 4. The maximum Gasteiger partial charge on any atom is 0.312 e. The zero-order valence-electron chi connectivity index (χ0n) is 15.8. The fourth-order valence-corrected chi connectivity index (χ4v) is 3.46. The summed E-state index contributed by atoms with van der Waals surface area (Å²) in [5.41, 5.74) is 5.57. The Labute approximate surface area is 172 Å². The highest BCUT2D eigenvalue weighted by atomic mass is 32.2. The zero-order valence-corrected chi connectivity index (χ0v) is 16.6. The molecule has 1 aromatic carbocycles. The lowest BCUT2D eigenvalue weighted by Crippen LogP contribution is -2.37. The fraction of sp³-hybridized carbons (Fsp3) is 0.368. The number of hydrogen-bond donors (Lipinski definition) is 3. The molecule has 0 spiro atoms. The van der Waals surface area contributed by atoms with E-state index in [-0.39, 0.29) is 29.7 Å². The first-order valence-corrected chi connectivity index (χ1v) is 9.99. The lowest BCUT2D eigenvalue weighted by molar-refractivity contribution is -0.124. The molecule has 0 unspecified atom stereocenters. The predicted molar refractivity (Wildman–Crippen MR) is 108 cm³/mol. The normalized spacial score (nSPS) is 15.1. The largest absolute Gasteiger partial charge is 0.354 e. The predicted octanol–water partition coefficient (Wildman–Crippen LogP) is 2.21. The SMILES string of the molecule is NC(=O)NCCCCCC(=O)NCCN1C(=O)S/C(=C/c2ccc(F)cc2)C1=O. The Bertz CT molecular complexity index is 798. The average molecular weight is 422 g/mol. The Morgan fingerprint density at radius 2 is 1.79 bits per heavy atom. The van der Waals surface area contributed by atoms with Gasteiger partial charge in [0.2, 0.25) is 5.91 Å². The standard InChI is InChI=1S/C19H23FN4O4S/c20-14-7-5-13(6-8-14)12-15-17(26)24(19(28)29-15)11-10-22-16(25)4-2-1-3-9-23-18(21)27/h5-8,12H,1-4,9-11H2,(H,22,25)(H3,21,23,27)/b15-12+. The maximum atomic E-state index is 13.0. The van der Waals surface area contributed by atoms with Gasteiger partial charge < -0.3 is 16.4 Å². The van der Waals surface area contributed by atoms with Gasteiger partial charge in [0.05, 0.1) is 4.91 Å². The van der Waals surface area contributed by atoms with E-state index in [1.165, 1.54) is 30.3 Å². The van der Waals surface area contributed by atoms with Crippen LogP contribution in [0.1, 0.15) is 31.2 Å². The van der Waals surface area contributed by atoms with Crippen LogP contribution in [0, 0.1) is 5.82 Å². The van der Waals surface area contributed by atoms with Gasteiger partial charge in [-0.1, -0.05) is 18.6 Å². The first-order valence-electron chi connectivity index (χ1n) is 9.18. The number of thioether (sulfide) groups is 1. The van der Waals surface area contributed by atoms with Crippen molar-refractivity contribution in [3.05, 3.63) is 40.6 Å². The summed E-state index contributed by atoms with van der Waals surface area (Å²) in [6, 6.07) is 5.03. The number of amides is 5. The second-order valence-electron chi connectivity index (χ2n) is 6.34. The smallest absolute Gasteiger partial charge is 0.312 e. The van der Waals surface area contributed by atoms with Crippen LogP contribution in [0.5, 0.6) is 0 Å². The van der Waals surface area contributed by atoms with Crippen molar-refractivity contribution in [3.63, 3.8) is 0 Å². The number of unbranched alkanes of at least 4 members (excludes halogenated alkanes) is 2. The molecule has 0 saturated carbocycles. The molecule has 0 bridgehead atoms. The minimum absolute atomic E-state index is 0.0830. The third-order valence-electron chi connectivity index (χ3n) is 4.08. The van der Waals surface area contributed by atoms with Crippen LogP contribution < -0.4 is 16.4 Å². The zero-order chi connectivity index (χ0) is 21.2. The summed E-state index contributed by atoms with van der Waals surface area (Å²) in [5, 5.41) is 4.76. The van der Waals surface area contributed by atoms with Gasteiger partial charge in [-0.25, -0.2) is 9.18 Å². The molecule has 0 aliphatic carbocycles. The Hall–Kier alpha value is -2.88. The van der Waals surface area contributed by atoms with Crippen LogP contribution in [-0.2, 0) is 9.59 Å². The van der Waals surface area contributed by atoms with E-state index in [9.17, 15) is 23.6 Å². The van der Waals surface area contributed by atoms with E-state index in [1.807, 2.05) is 0 Å². The van der Waals surface area contributed by atoms with Gasteiger partial charge in [-0.3, -0.25) is 19.3 Å². The molecule has 4 N–H and O–H groups in total. The van der Waals surface area contributed by atoms with Gasteiger partial charge in [-0.2, -0.15) is 0 Å². The van der Waals surface area contributed by atoms with Gasteiger partial charge >= 0.3 is 6.03 Å². The summed E-state index contributed by atoms with van der Waals surface area (Å²) in [6.07, 6.45) is 4.02. The molecule has 1 aliphatic rings. The minimum Gasteiger partial charge on any atom is -0.354 e. The van der Waals surface area contributed by atoms with Crippen LogP contribution in [-0.4, -0.2) is 47.6 Å². The van der Waals surface area contributed by atoms with Gasteiger partial charge in [0.25, 0.3) is 11.1 Å². The van der Waals surface area contributed by atoms with Crippen LogP contribution >= 0.6 is 11.8 Å². The Balaban J connectivity index is 1.70. The number of urea groups is 1. The van der Waals surface area contributed by atoms with Crippen molar-refractivity contribution in [1.82, 2.24) is 15.5 Å². The fourth-order valence-electron chi connectivity index (χ4n) is 2.60. The van der Waals surface area contributed by atoms with E-state index in [0.717, 1.165) is 29.5 Å². The maximum absolute atomic E-state index is 13.0. The topological polar surface area (TPSA) is 122 Å². The van der Waals surface area contributed by atoms with Crippen LogP contribution in [0.25, 0.3) is 6.08 Å². The number of benzene rings is 1. The van der Waals surface area contributed by atoms with E-state index in [0.29, 0.717) is 24.9 Å². The lowest BCUT2D eigenvalue weighted by atomic mass is 10.2. The summed E-state index contributed by atoms with van der Waals surface area (Å²) in [6.45, 7) is 0.727. The van der Waals surface area contributed by atoms with E-state index < -0.39 is 17.2 Å². The Morgan fingerprint density at radius 1 is 1.07 bits per heavy atom.